The van der Waals surface area contributed by atoms with Gasteiger partial charge >= 0.3 is 6.18 Å². The summed E-state index contributed by atoms with van der Waals surface area (Å²) in [6, 6.07) is 10.1. The number of methoxy groups -OCH3 is 2. The Hall–Kier alpha value is -3.40. The minimum absolute atomic E-state index is 0.129. The van der Waals surface area contributed by atoms with Gasteiger partial charge in [0.05, 0.1) is 36.0 Å². The zero-order valence-corrected chi connectivity index (χ0v) is 18.2. The summed E-state index contributed by atoms with van der Waals surface area (Å²) in [6.45, 7) is 1.65. The highest BCUT2D eigenvalue weighted by molar-refractivity contribution is 7.19. The van der Waals surface area contributed by atoms with E-state index in [-0.39, 0.29) is 12.1 Å². The fourth-order valence-corrected chi connectivity index (χ4v) is 4.28. The molecule has 0 fully saturated rings. The molecular weight excluding hydrogens is 443 g/mol. The second-order valence-corrected chi connectivity index (χ2v) is 8.19. The number of rotatable bonds is 5. The van der Waals surface area contributed by atoms with Gasteiger partial charge in [0.1, 0.15) is 5.69 Å². The van der Waals surface area contributed by atoms with E-state index in [9.17, 15) is 18.0 Å². The first-order chi connectivity index (χ1) is 15.2. The van der Waals surface area contributed by atoms with Crippen molar-refractivity contribution in [2.75, 3.05) is 14.2 Å². The van der Waals surface area contributed by atoms with E-state index < -0.39 is 17.3 Å². The first-order valence-corrected chi connectivity index (χ1v) is 10.3. The zero-order valence-electron chi connectivity index (χ0n) is 17.4. The molecule has 0 spiro atoms. The molecule has 10 heteroatoms. The third-order valence-electron chi connectivity index (χ3n) is 4.85. The van der Waals surface area contributed by atoms with Crippen molar-refractivity contribution < 1.29 is 22.6 Å². The number of benzene rings is 2. The van der Waals surface area contributed by atoms with E-state index in [2.05, 4.69) is 10.1 Å². The summed E-state index contributed by atoms with van der Waals surface area (Å²) in [5, 5.41) is 5.18. The van der Waals surface area contributed by atoms with E-state index in [1.54, 1.807) is 25.1 Å². The van der Waals surface area contributed by atoms with Crippen molar-refractivity contribution in [2.45, 2.75) is 19.6 Å². The second kappa shape index (κ2) is 8.27. The Labute approximate surface area is 184 Å². The SMILES string of the molecule is COc1ccc(-c2nn(Cc3cccc(C(F)(F)F)c3)c(=O)c3nc(C)sc23)cc1OC. The predicted molar refractivity (Wildman–Crippen MR) is 115 cm³/mol. The van der Waals surface area contributed by atoms with Crippen LogP contribution in [0.15, 0.2) is 47.3 Å². The summed E-state index contributed by atoms with van der Waals surface area (Å²) in [7, 11) is 3.03. The third-order valence-corrected chi connectivity index (χ3v) is 5.83. The first kappa shape index (κ1) is 21.8. The van der Waals surface area contributed by atoms with Crippen molar-refractivity contribution in [3.8, 4) is 22.8 Å². The molecule has 166 valence electrons. The molecule has 2 aromatic heterocycles. The number of thiazole rings is 1. The monoisotopic (exact) mass is 461 g/mol. The van der Waals surface area contributed by atoms with Crippen molar-refractivity contribution in [1.29, 1.82) is 0 Å². The molecule has 2 aromatic carbocycles. The third kappa shape index (κ3) is 4.05. The topological polar surface area (TPSA) is 66.2 Å². The van der Waals surface area contributed by atoms with Gasteiger partial charge in [-0.3, -0.25) is 4.79 Å². The molecule has 2 heterocycles. The molecule has 0 radical (unpaired) electrons. The Balaban J connectivity index is 1.87. The summed E-state index contributed by atoms with van der Waals surface area (Å²) >= 11 is 1.32. The molecule has 32 heavy (non-hydrogen) atoms. The molecule has 4 rings (SSSR count). The number of nitrogens with zero attached hydrogens (tertiary/aromatic N) is 3. The Bertz CT molecular complexity index is 1360. The maximum absolute atomic E-state index is 13.1. The average Bonchev–Trinajstić information content (AvgIpc) is 3.16. The van der Waals surface area contributed by atoms with Crippen LogP contribution in [0.5, 0.6) is 11.5 Å². The van der Waals surface area contributed by atoms with E-state index in [4.69, 9.17) is 9.47 Å². The average molecular weight is 461 g/mol. The molecule has 0 aliphatic carbocycles. The number of ether oxygens (including phenoxy) is 2. The predicted octanol–water partition coefficient (Wildman–Crippen LogP) is 4.91. The van der Waals surface area contributed by atoms with Gasteiger partial charge in [-0.25, -0.2) is 9.67 Å². The van der Waals surface area contributed by atoms with E-state index in [0.29, 0.717) is 38.0 Å². The van der Waals surface area contributed by atoms with Crippen LogP contribution < -0.4 is 15.0 Å². The maximum atomic E-state index is 13.1. The number of hydrogen-bond acceptors (Lipinski definition) is 6. The molecule has 0 amide bonds. The Kier molecular flexibility index (Phi) is 5.64. The van der Waals surface area contributed by atoms with Crippen molar-refractivity contribution in [1.82, 2.24) is 14.8 Å². The van der Waals surface area contributed by atoms with Crippen LogP contribution in [0.25, 0.3) is 21.5 Å². The molecule has 0 saturated heterocycles. The number of fused-ring (bicyclic) bond motifs is 1. The van der Waals surface area contributed by atoms with Crippen molar-refractivity contribution >= 4 is 21.6 Å². The van der Waals surface area contributed by atoms with Crippen LogP contribution in [-0.4, -0.2) is 29.0 Å². The minimum atomic E-state index is -4.48. The van der Waals surface area contributed by atoms with E-state index in [1.807, 2.05) is 0 Å². The fourth-order valence-electron chi connectivity index (χ4n) is 3.36. The molecule has 0 aliphatic rings. The summed E-state index contributed by atoms with van der Waals surface area (Å²) < 4.78 is 51.7. The van der Waals surface area contributed by atoms with Crippen molar-refractivity contribution in [3.63, 3.8) is 0 Å². The molecule has 6 nitrogen and oxygen atoms in total. The molecule has 0 N–H and O–H groups in total. The Morgan fingerprint density at radius 2 is 1.81 bits per heavy atom. The first-order valence-electron chi connectivity index (χ1n) is 9.48. The zero-order chi connectivity index (χ0) is 23.0. The summed E-state index contributed by atoms with van der Waals surface area (Å²) in [6.07, 6.45) is -4.48. The number of alkyl halides is 3. The lowest BCUT2D eigenvalue weighted by atomic mass is 10.1. The highest BCUT2D eigenvalue weighted by atomic mass is 32.1. The molecule has 0 unspecified atom stereocenters. The fraction of sp³-hybridized carbons (Fsp3) is 0.227. The summed E-state index contributed by atoms with van der Waals surface area (Å²) in [5.74, 6) is 1.02. The van der Waals surface area contributed by atoms with Crippen LogP contribution in [-0.2, 0) is 12.7 Å². The number of aromatic nitrogens is 3. The number of hydrogen-bond donors (Lipinski definition) is 0. The summed E-state index contributed by atoms with van der Waals surface area (Å²) in [4.78, 5) is 17.4. The van der Waals surface area contributed by atoms with Gasteiger partial charge in [-0.05, 0) is 42.8 Å². The minimum Gasteiger partial charge on any atom is -0.493 e. The highest BCUT2D eigenvalue weighted by Crippen LogP contribution is 2.35. The van der Waals surface area contributed by atoms with Crippen LogP contribution in [0, 0.1) is 6.92 Å². The van der Waals surface area contributed by atoms with Gasteiger partial charge < -0.3 is 9.47 Å². The van der Waals surface area contributed by atoms with Gasteiger partial charge in [-0.1, -0.05) is 12.1 Å². The van der Waals surface area contributed by atoms with E-state index in [0.717, 1.165) is 16.8 Å². The lowest BCUT2D eigenvalue weighted by molar-refractivity contribution is -0.137. The molecule has 0 atom stereocenters. The van der Waals surface area contributed by atoms with Crippen LogP contribution in [0.3, 0.4) is 0 Å². The smallest absolute Gasteiger partial charge is 0.416 e. The van der Waals surface area contributed by atoms with Crippen molar-refractivity contribution in [3.05, 3.63) is 69.0 Å². The lowest BCUT2D eigenvalue weighted by Crippen LogP contribution is -2.24. The van der Waals surface area contributed by atoms with E-state index in [1.165, 1.54) is 37.7 Å². The molecular formula is C22H18F3N3O3S. The summed E-state index contributed by atoms with van der Waals surface area (Å²) in [5.41, 5.74) is 0.421. The normalized spacial score (nSPS) is 11.7. The van der Waals surface area contributed by atoms with Crippen LogP contribution in [0.1, 0.15) is 16.1 Å². The quantitative estimate of drug-likeness (QED) is 0.422. The van der Waals surface area contributed by atoms with Gasteiger partial charge in [0.15, 0.2) is 17.0 Å². The van der Waals surface area contributed by atoms with Crippen LogP contribution in [0.4, 0.5) is 13.2 Å². The Morgan fingerprint density at radius 3 is 2.50 bits per heavy atom. The van der Waals surface area contributed by atoms with Gasteiger partial charge in [0.2, 0.25) is 0 Å². The standard InChI is InChI=1S/C22H18F3N3O3S/c1-12-26-19-20(32-12)18(14-7-8-16(30-2)17(10-14)31-3)27-28(21(19)29)11-13-5-4-6-15(9-13)22(23,24)25/h4-10H,11H2,1-3H3. The number of halogens is 3. The second-order valence-electron chi connectivity index (χ2n) is 6.99. The van der Waals surface area contributed by atoms with Crippen LogP contribution in [0.2, 0.25) is 0 Å². The molecule has 0 saturated carbocycles. The van der Waals surface area contributed by atoms with Gasteiger partial charge in [0, 0.05) is 5.56 Å². The van der Waals surface area contributed by atoms with Crippen LogP contribution >= 0.6 is 11.3 Å². The van der Waals surface area contributed by atoms with Gasteiger partial charge in [-0.2, -0.15) is 18.3 Å². The van der Waals surface area contributed by atoms with E-state index >= 15 is 0 Å². The molecule has 0 aliphatic heterocycles. The van der Waals surface area contributed by atoms with Gasteiger partial charge in [0.25, 0.3) is 5.56 Å². The van der Waals surface area contributed by atoms with Crippen molar-refractivity contribution in [2.24, 2.45) is 0 Å². The largest absolute Gasteiger partial charge is 0.493 e. The van der Waals surface area contributed by atoms with Gasteiger partial charge in [-0.15, -0.1) is 11.3 Å². The maximum Gasteiger partial charge on any atom is 0.416 e. The highest BCUT2D eigenvalue weighted by Gasteiger charge is 2.30. The Morgan fingerprint density at radius 1 is 1.06 bits per heavy atom. The molecule has 4 aromatic rings. The molecule has 0 bridgehead atoms. The lowest BCUT2D eigenvalue weighted by Gasteiger charge is -2.12. The number of aryl methyl sites for hydroxylation is 1.